The third-order valence-corrected chi connectivity index (χ3v) is 5.07. The summed E-state index contributed by atoms with van der Waals surface area (Å²) in [5, 5.41) is 11.0. The molecule has 0 amide bonds. The van der Waals surface area contributed by atoms with Crippen molar-refractivity contribution in [3.63, 3.8) is 0 Å². The van der Waals surface area contributed by atoms with Crippen LogP contribution in [0.4, 0.5) is 5.69 Å². The van der Waals surface area contributed by atoms with Crippen LogP contribution in [0.1, 0.15) is 12.0 Å². The molecule has 0 atom stereocenters. The molecule has 1 N–H and O–H groups in total. The Labute approximate surface area is 144 Å². The van der Waals surface area contributed by atoms with Crippen LogP contribution < -0.4 is 14.2 Å². The summed E-state index contributed by atoms with van der Waals surface area (Å²) < 4.78 is 38.3. The average molecular weight is 364 g/mol. The Bertz CT molecular complexity index is 897. The van der Waals surface area contributed by atoms with E-state index in [-0.39, 0.29) is 22.7 Å². The fraction of sp³-hybridized carbons (Fsp3) is 0.250. The van der Waals surface area contributed by atoms with Crippen LogP contribution >= 0.6 is 0 Å². The van der Waals surface area contributed by atoms with Crippen molar-refractivity contribution >= 4 is 15.7 Å². The van der Waals surface area contributed by atoms with Gasteiger partial charge in [0.25, 0.3) is 5.69 Å². The van der Waals surface area contributed by atoms with Gasteiger partial charge in [-0.05, 0) is 12.1 Å². The van der Waals surface area contributed by atoms with Crippen LogP contribution in [-0.4, -0.2) is 26.6 Å². The van der Waals surface area contributed by atoms with Crippen LogP contribution in [0, 0.1) is 10.1 Å². The molecule has 0 saturated carbocycles. The number of hydrogen-bond acceptors (Lipinski definition) is 6. The summed E-state index contributed by atoms with van der Waals surface area (Å²) in [6.45, 7) is 0.767. The number of nitrogens with zero attached hydrogens (tertiary/aromatic N) is 1. The molecule has 0 saturated heterocycles. The lowest BCUT2D eigenvalue weighted by Crippen LogP contribution is -2.23. The minimum atomic E-state index is -3.85. The van der Waals surface area contributed by atoms with Crippen LogP contribution in [0.3, 0.4) is 0 Å². The molecule has 0 spiro atoms. The molecule has 25 heavy (non-hydrogen) atoms. The van der Waals surface area contributed by atoms with Crippen LogP contribution in [0.5, 0.6) is 11.5 Å². The number of para-hydroxylation sites is 1. The molecule has 0 bridgehead atoms. The van der Waals surface area contributed by atoms with E-state index in [4.69, 9.17) is 9.47 Å². The van der Waals surface area contributed by atoms with Gasteiger partial charge < -0.3 is 9.47 Å². The number of hydrogen-bond donors (Lipinski definition) is 1. The van der Waals surface area contributed by atoms with Crippen LogP contribution in [0.15, 0.2) is 47.4 Å². The molecule has 8 nitrogen and oxygen atoms in total. The Morgan fingerprint density at radius 2 is 1.80 bits per heavy atom. The largest absolute Gasteiger partial charge is 0.490 e. The maximum atomic E-state index is 12.5. The second-order valence-corrected chi connectivity index (χ2v) is 7.14. The minimum Gasteiger partial charge on any atom is -0.490 e. The number of rotatable bonds is 5. The number of fused-ring (bicyclic) bond motifs is 1. The van der Waals surface area contributed by atoms with Crippen molar-refractivity contribution in [3.8, 4) is 11.5 Å². The number of nitrogens with one attached hydrogen (secondary N) is 1. The van der Waals surface area contributed by atoms with E-state index in [1.165, 1.54) is 30.3 Å². The molecule has 0 fully saturated rings. The van der Waals surface area contributed by atoms with Crippen molar-refractivity contribution in [1.29, 1.82) is 0 Å². The second kappa shape index (κ2) is 7.08. The first kappa shape index (κ1) is 17.2. The SMILES string of the molecule is O=[N+]([O-])c1ccccc1CNS(=O)(=O)c1ccc2c(c1)OCCCO2. The third-order valence-electron chi connectivity index (χ3n) is 3.67. The first-order valence-electron chi connectivity index (χ1n) is 7.59. The topological polar surface area (TPSA) is 108 Å². The molecule has 0 unspecified atom stereocenters. The van der Waals surface area contributed by atoms with Crippen LogP contribution in [0.25, 0.3) is 0 Å². The molecule has 1 aliphatic rings. The molecular weight excluding hydrogens is 348 g/mol. The monoisotopic (exact) mass is 364 g/mol. The van der Waals surface area contributed by atoms with E-state index in [1.807, 2.05) is 0 Å². The number of nitro benzene ring substituents is 1. The molecule has 0 aliphatic carbocycles. The fourth-order valence-corrected chi connectivity index (χ4v) is 3.43. The Morgan fingerprint density at radius 3 is 2.56 bits per heavy atom. The standard InChI is InChI=1S/C16H16N2O6S/c19-18(20)14-5-2-1-4-12(14)11-17-25(21,22)13-6-7-15-16(10-13)24-9-3-8-23-15/h1-2,4-7,10,17H,3,8-9,11H2. The van der Waals surface area contributed by atoms with Crippen molar-refractivity contribution < 1.29 is 22.8 Å². The van der Waals surface area contributed by atoms with E-state index in [0.717, 1.165) is 0 Å². The molecular formula is C16H16N2O6S. The Balaban J connectivity index is 1.81. The smallest absolute Gasteiger partial charge is 0.273 e. The molecule has 1 aliphatic heterocycles. The lowest BCUT2D eigenvalue weighted by atomic mass is 10.2. The van der Waals surface area contributed by atoms with Gasteiger partial charge in [0.1, 0.15) is 0 Å². The highest BCUT2D eigenvalue weighted by atomic mass is 32.2. The summed E-state index contributed by atoms with van der Waals surface area (Å²) in [5.41, 5.74) is 0.147. The highest BCUT2D eigenvalue weighted by Crippen LogP contribution is 2.32. The van der Waals surface area contributed by atoms with Gasteiger partial charge in [0, 0.05) is 30.7 Å². The highest BCUT2D eigenvalue weighted by Gasteiger charge is 2.20. The van der Waals surface area contributed by atoms with Gasteiger partial charge in [-0.2, -0.15) is 0 Å². The molecule has 9 heteroatoms. The average Bonchev–Trinajstić information content (AvgIpc) is 2.85. The molecule has 0 aromatic heterocycles. The van der Waals surface area contributed by atoms with Gasteiger partial charge in [-0.25, -0.2) is 13.1 Å². The Kier molecular flexibility index (Phi) is 4.86. The normalized spacial score (nSPS) is 13.9. The van der Waals surface area contributed by atoms with Crippen molar-refractivity contribution in [3.05, 3.63) is 58.1 Å². The summed E-state index contributed by atoms with van der Waals surface area (Å²) in [7, 11) is -3.85. The van der Waals surface area contributed by atoms with Crippen molar-refractivity contribution in [1.82, 2.24) is 4.72 Å². The predicted molar refractivity (Wildman–Crippen MR) is 89.2 cm³/mol. The zero-order chi connectivity index (χ0) is 17.9. The van der Waals surface area contributed by atoms with E-state index in [9.17, 15) is 18.5 Å². The molecule has 3 rings (SSSR count). The number of sulfonamides is 1. The molecule has 0 radical (unpaired) electrons. The zero-order valence-electron chi connectivity index (χ0n) is 13.2. The molecule has 132 valence electrons. The van der Waals surface area contributed by atoms with Crippen LogP contribution in [-0.2, 0) is 16.6 Å². The first-order chi connectivity index (χ1) is 12.0. The van der Waals surface area contributed by atoms with Crippen molar-refractivity contribution in [2.24, 2.45) is 0 Å². The minimum absolute atomic E-state index is 0.00957. The second-order valence-electron chi connectivity index (χ2n) is 5.37. The summed E-state index contributed by atoms with van der Waals surface area (Å²) in [4.78, 5) is 10.5. The van der Waals surface area contributed by atoms with Gasteiger partial charge >= 0.3 is 0 Å². The van der Waals surface area contributed by atoms with Crippen molar-refractivity contribution in [2.45, 2.75) is 17.9 Å². The van der Waals surface area contributed by atoms with Gasteiger partial charge in [0.2, 0.25) is 10.0 Å². The maximum Gasteiger partial charge on any atom is 0.273 e. The van der Waals surface area contributed by atoms with E-state index >= 15 is 0 Å². The zero-order valence-corrected chi connectivity index (χ0v) is 14.0. The van der Waals surface area contributed by atoms with Gasteiger partial charge in [0.15, 0.2) is 11.5 Å². The van der Waals surface area contributed by atoms with E-state index < -0.39 is 14.9 Å². The van der Waals surface area contributed by atoms with Crippen molar-refractivity contribution in [2.75, 3.05) is 13.2 Å². The van der Waals surface area contributed by atoms with Gasteiger partial charge in [-0.3, -0.25) is 10.1 Å². The van der Waals surface area contributed by atoms with E-state index in [2.05, 4.69) is 4.72 Å². The van der Waals surface area contributed by atoms with Gasteiger partial charge in [0.05, 0.1) is 23.0 Å². The quantitative estimate of drug-likeness (QED) is 0.644. The highest BCUT2D eigenvalue weighted by molar-refractivity contribution is 7.89. The lowest BCUT2D eigenvalue weighted by molar-refractivity contribution is -0.385. The maximum absolute atomic E-state index is 12.5. The Morgan fingerprint density at radius 1 is 1.08 bits per heavy atom. The number of benzene rings is 2. The fourth-order valence-electron chi connectivity index (χ4n) is 2.41. The molecule has 2 aromatic carbocycles. The first-order valence-corrected chi connectivity index (χ1v) is 9.07. The van der Waals surface area contributed by atoms with Gasteiger partial charge in [-0.1, -0.05) is 18.2 Å². The number of ether oxygens (including phenoxy) is 2. The van der Waals surface area contributed by atoms with Crippen LogP contribution in [0.2, 0.25) is 0 Å². The lowest BCUT2D eigenvalue weighted by Gasteiger charge is -2.11. The summed E-state index contributed by atoms with van der Waals surface area (Å²) in [6.07, 6.45) is 0.715. The number of nitro groups is 1. The summed E-state index contributed by atoms with van der Waals surface area (Å²) >= 11 is 0. The molecule has 1 heterocycles. The predicted octanol–water partition coefficient (Wildman–Crippen LogP) is 2.23. The Hall–Kier alpha value is -2.65. The van der Waals surface area contributed by atoms with E-state index in [1.54, 1.807) is 12.1 Å². The van der Waals surface area contributed by atoms with E-state index in [0.29, 0.717) is 31.1 Å². The molecule has 2 aromatic rings. The van der Waals surface area contributed by atoms with Gasteiger partial charge in [-0.15, -0.1) is 0 Å². The summed E-state index contributed by atoms with van der Waals surface area (Å²) in [5.74, 6) is 0.862. The summed E-state index contributed by atoms with van der Waals surface area (Å²) in [6, 6.07) is 10.3. The third kappa shape index (κ3) is 3.89.